The zero-order valence-electron chi connectivity index (χ0n) is 16.5. The number of nitrogens with one attached hydrogen (secondary N) is 2. The summed E-state index contributed by atoms with van der Waals surface area (Å²) in [6.45, 7) is 0. The molecule has 154 valence electrons. The molecule has 2 amide bonds. The zero-order chi connectivity index (χ0) is 21.2. The van der Waals surface area contributed by atoms with Gasteiger partial charge in [-0.1, -0.05) is 54.6 Å². The molecule has 1 atom stereocenters. The second-order valence-electron chi connectivity index (χ2n) is 6.92. The van der Waals surface area contributed by atoms with Crippen molar-refractivity contribution >= 4 is 34.6 Å². The Morgan fingerprint density at radius 2 is 1.53 bits per heavy atom. The molecule has 2 N–H and O–H groups in total. The van der Waals surface area contributed by atoms with Crippen LogP contribution in [0.2, 0.25) is 0 Å². The van der Waals surface area contributed by atoms with Crippen LogP contribution in [0.4, 0.5) is 5.69 Å². The highest BCUT2D eigenvalue weighted by Crippen LogP contribution is 2.13. The molecule has 0 fully saturated rings. The highest BCUT2D eigenvalue weighted by atomic mass is 32.1. The summed E-state index contributed by atoms with van der Waals surface area (Å²) >= 11 is 1.40. The van der Waals surface area contributed by atoms with Gasteiger partial charge in [-0.15, -0.1) is 11.3 Å². The van der Waals surface area contributed by atoms with Crippen LogP contribution in [0.3, 0.4) is 0 Å². The van der Waals surface area contributed by atoms with Gasteiger partial charge in [0, 0.05) is 24.9 Å². The minimum Gasteiger partial charge on any atom is -0.344 e. The van der Waals surface area contributed by atoms with E-state index >= 15 is 0 Å². The van der Waals surface area contributed by atoms with E-state index in [9.17, 15) is 14.4 Å². The Morgan fingerprint density at radius 1 is 0.833 bits per heavy atom. The van der Waals surface area contributed by atoms with Crippen LogP contribution in [0, 0.1) is 0 Å². The average molecular weight is 421 g/mol. The number of amides is 2. The van der Waals surface area contributed by atoms with Crippen molar-refractivity contribution in [3.63, 3.8) is 0 Å². The van der Waals surface area contributed by atoms with Crippen LogP contribution < -0.4 is 10.6 Å². The van der Waals surface area contributed by atoms with Crippen LogP contribution in [0.15, 0.2) is 78.2 Å². The molecule has 0 aliphatic heterocycles. The predicted octanol–water partition coefficient (Wildman–Crippen LogP) is 4.47. The Balaban J connectivity index is 1.57. The van der Waals surface area contributed by atoms with E-state index in [-0.39, 0.29) is 24.0 Å². The summed E-state index contributed by atoms with van der Waals surface area (Å²) in [4.78, 5) is 38.1. The summed E-state index contributed by atoms with van der Waals surface area (Å²) in [6, 6.07) is 21.6. The zero-order valence-corrected chi connectivity index (χ0v) is 17.4. The first-order valence-electron chi connectivity index (χ1n) is 9.88. The number of thiophene rings is 1. The number of carbonyl (C=O) groups is 3. The molecule has 1 aromatic heterocycles. The maximum absolute atomic E-state index is 12.8. The van der Waals surface area contributed by atoms with Crippen LogP contribution in [0.5, 0.6) is 0 Å². The fourth-order valence-electron chi connectivity index (χ4n) is 3.05. The number of rotatable bonds is 10. The first-order chi connectivity index (χ1) is 14.6. The van der Waals surface area contributed by atoms with E-state index in [0.29, 0.717) is 29.8 Å². The van der Waals surface area contributed by atoms with Crippen molar-refractivity contribution in [3.8, 4) is 0 Å². The Morgan fingerprint density at radius 3 is 2.20 bits per heavy atom. The summed E-state index contributed by atoms with van der Waals surface area (Å²) in [7, 11) is 0. The molecule has 6 heteroatoms. The monoisotopic (exact) mass is 420 g/mol. The van der Waals surface area contributed by atoms with Crippen molar-refractivity contribution in [3.05, 3.63) is 88.6 Å². The molecule has 0 saturated carbocycles. The van der Waals surface area contributed by atoms with Gasteiger partial charge in [-0.05, 0) is 35.6 Å². The summed E-state index contributed by atoms with van der Waals surface area (Å²) in [5, 5.41) is 7.55. The number of hydrogen-bond acceptors (Lipinski definition) is 4. The molecule has 3 aromatic rings. The number of ketones is 1. The van der Waals surface area contributed by atoms with E-state index in [1.807, 2.05) is 60.0 Å². The lowest BCUT2D eigenvalue weighted by atomic mass is 10.0. The van der Waals surface area contributed by atoms with Crippen LogP contribution in [-0.4, -0.2) is 23.6 Å². The highest BCUT2D eigenvalue weighted by Gasteiger charge is 2.21. The van der Waals surface area contributed by atoms with E-state index in [4.69, 9.17) is 0 Å². The van der Waals surface area contributed by atoms with Crippen LogP contribution in [0.1, 0.15) is 34.5 Å². The summed E-state index contributed by atoms with van der Waals surface area (Å²) < 4.78 is 0. The molecular formula is C24H24N2O3S. The van der Waals surface area contributed by atoms with Gasteiger partial charge in [0.15, 0.2) is 5.78 Å². The Hall–Kier alpha value is -3.25. The fraction of sp³-hybridized carbons (Fsp3) is 0.208. The minimum absolute atomic E-state index is 0.0421. The van der Waals surface area contributed by atoms with E-state index in [1.165, 1.54) is 11.3 Å². The van der Waals surface area contributed by atoms with Gasteiger partial charge < -0.3 is 10.6 Å². The number of carbonyl (C=O) groups excluding carboxylic acids is 3. The van der Waals surface area contributed by atoms with Gasteiger partial charge >= 0.3 is 0 Å². The van der Waals surface area contributed by atoms with Crippen molar-refractivity contribution in [1.82, 2.24) is 5.32 Å². The van der Waals surface area contributed by atoms with Crippen molar-refractivity contribution in [2.24, 2.45) is 0 Å². The van der Waals surface area contributed by atoms with E-state index in [0.717, 1.165) is 5.56 Å². The van der Waals surface area contributed by atoms with Gasteiger partial charge in [0.05, 0.1) is 4.88 Å². The summed E-state index contributed by atoms with van der Waals surface area (Å²) in [5.74, 6) is -0.466. The molecular weight excluding hydrogens is 396 g/mol. The van der Waals surface area contributed by atoms with E-state index in [1.54, 1.807) is 18.2 Å². The molecule has 1 heterocycles. The standard InChI is InChI=1S/C24H24N2O3S/c27-21(22-14-8-16-30-22)13-7-15-23(28)26-20(17-18-9-3-1-4-10-18)24(29)25-19-11-5-2-6-12-19/h1-6,8-12,14,16,20H,7,13,15,17H2,(H,25,29)(H,26,28). The molecule has 1 unspecified atom stereocenters. The molecule has 0 saturated heterocycles. The predicted molar refractivity (Wildman–Crippen MR) is 120 cm³/mol. The van der Waals surface area contributed by atoms with Gasteiger partial charge in [0.2, 0.25) is 11.8 Å². The highest BCUT2D eigenvalue weighted by molar-refractivity contribution is 7.12. The minimum atomic E-state index is -0.701. The SMILES string of the molecule is O=C(CCCC(=O)c1cccs1)NC(Cc1ccccc1)C(=O)Nc1ccccc1. The lowest BCUT2D eigenvalue weighted by Gasteiger charge is -2.19. The molecule has 0 spiro atoms. The number of Topliss-reactive ketones (excluding diaryl/α,β-unsaturated/α-hetero) is 1. The molecule has 0 radical (unpaired) electrons. The molecule has 0 aliphatic carbocycles. The number of benzene rings is 2. The molecule has 0 bridgehead atoms. The van der Waals surface area contributed by atoms with Crippen LogP contribution >= 0.6 is 11.3 Å². The van der Waals surface area contributed by atoms with Gasteiger partial charge in [0.1, 0.15) is 6.04 Å². The first kappa shape index (κ1) is 21.5. The molecule has 3 rings (SSSR count). The Kier molecular flexibility index (Phi) is 7.92. The van der Waals surface area contributed by atoms with Crippen molar-refractivity contribution in [1.29, 1.82) is 0 Å². The molecule has 5 nitrogen and oxygen atoms in total. The van der Waals surface area contributed by atoms with E-state index in [2.05, 4.69) is 10.6 Å². The smallest absolute Gasteiger partial charge is 0.247 e. The fourth-order valence-corrected chi connectivity index (χ4v) is 3.74. The normalized spacial score (nSPS) is 11.5. The largest absolute Gasteiger partial charge is 0.344 e. The second-order valence-corrected chi connectivity index (χ2v) is 7.87. The number of para-hydroxylation sites is 1. The topological polar surface area (TPSA) is 75.3 Å². The second kappa shape index (κ2) is 11.1. The summed E-state index contributed by atoms with van der Waals surface area (Å²) in [5.41, 5.74) is 1.63. The van der Waals surface area contributed by atoms with Crippen molar-refractivity contribution in [2.75, 3.05) is 5.32 Å². The molecule has 0 aliphatic rings. The number of anilines is 1. The lowest BCUT2D eigenvalue weighted by molar-refractivity contribution is -0.126. The Labute approximate surface area is 180 Å². The van der Waals surface area contributed by atoms with Crippen LogP contribution in [-0.2, 0) is 16.0 Å². The van der Waals surface area contributed by atoms with E-state index < -0.39 is 6.04 Å². The van der Waals surface area contributed by atoms with Gasteiger partial charge in [-0.25, -0.2) is 0 Å². The third-order valence-electron chi connectivity index (χ3n) is 4.58. The van der Waals surface area contributed by atoms with Crippen LogP contribution in [0.25, 0.3) is 0 Å². The first-order valence-corrected chi connectivity index (χ1v) is 10.8. The lowest BCUT2D eigenvalue weighted by Crippen LogP contribution is -2.45. The maximum Gasteiger partial charge on any atom is 0.247 e. The van der Waals surface area contributed by atoms with Crippen molar-refractivity contribution < 1.29 is 14.4 Å². The third kappa shape index (κ3) is 6.67. The average Bonchev–Trinajstić information content (AvgIpc) is 3.30. The number of hydrogen-bond donors (Lipinski definition) is 2. The summed E-state index contributed by atoms with van der Waals surface area (Å²) in [6.07, 6.45) is 1.34. The molecule has 30 heavy (non-hydrogen) atoms. The quantitative estimate of drug-likeness (QED) is 0.475. The van der Waals surface area contributed by atoms with Gasteiger partial charge in [-0.3, -0.25) is 14.4 Å². The maximum atomic E-state index is 12.8. The van der Waals surface area contributed by atoms with Gasteiger partial charge in [-0.2, -0.15) is 0 Å². The molecule has 2 aromatic carbocycles. The third-order valence-corrected chi connectivity index (χ3v) is 5.49. The Bertz CT molecular complexity index is 957. The van der Waals surface area contributed by atoms with Crippen molar-refractivity contribution in [2.45, 2.75) is 31.7 Å². The van der Waals surface area contributed by atoms with Gasteiger partial charge in [0.25, 0.3) is 0 Å².